The largest absolute Gasteiger partial charge is 0.478 e. The summed E-state index contributed by atoms with van der Waals surface area (Å²) in [5, 5.41) is 17.8. The standard InChI is InChI=1S/C9H6BrClO4/c1-3-5(11)2-4(8(12)13)7(10)6(3)9(14)15/h2H,1H3,(H,12,13)(H,14,15). The fourth-order valence-electron chi connectivity index (χ4n) is 1.13. The van der Waals surface area contributed by atoms with E-state index in [1.54, 1.807) is 0 Å². The van der Waals surface area contributed by atoms with Crippen molar-refractivity contribution in [2.75, 3.05) is 0 Å². The highest BCUT2D eigenvalue weighted by Gasteiger charge is 2.21. The Hall–Kier alpha value is -1.07. The van der Waals surface area contributed by atoms with Crippen molar-refractivity contribution in [3.8, 4) is 0 Å². The smallest absolute Gasteiger partial charge is 0.337 e. The molecule has 0 saturated heterocycles. The third kappa shape index (κ3) is 2.13. The van der Waals surface area contributed by atoms with Crippen molar-refractivity contribution in [3.63, 3.8) is 0 Å². The lowest BCUT2D eigenvalue weighted by atomic mass is 10.0. The highest BCUT2D eigenvalue weighted by atomic mass is 79.9. The Morgan fingerprint density at radius 3 is 2.27 bits per heavy atom. The zero-order valence-corrected chi connectivity index (χ0v) is 9.89. The molecule has 0 aliphatic heterocycles. The van der Waals surface area contributed by atoms with E-state index in [2.05, 4.69) is 15.9 Å². The molecule has 0 radical (unpaired) electrons. The fourth-order valence-corrected chi connectivity index (χ4v) is 2.08. The molecule has 0 atom stereocenters. The topological polar surface area (TPSA) is 74.6 Å². The molecule has 4 nitrogen and oxygen atoms in total. The zero-order chi connectivity index (χ0) is 11.7. The first-order valence-electron chi connectivity index (χ1n) is 3.81. The van der Waals surface area contributed by atoms with E-state index < -0.39 is 11.9 Å². The predicted molar refractivity (Wildman–Crippen MR) is 57.8 cm³/mol. The number of carboxylic acids is 2. The summed E-state index contributed by atoms with van der Waals surface area (Å²) in [5.74, 6) is -2.45. The SMILES string of the molecule is Cc1c(Cl)cc(C(=O)O)c(Br)c1C(=O)O. The molecule has 80 valence electrons. The Bertz CT molecular complexity index is 456. The summed E-state index contributed by atoms with van der Waals surface area (Å²) in [6, 6.07) is 1.22. The van der Waals surface area contributed by atoms with Crippen molar-refractivity contribution >= 4 is 39.5 Å². The van der Waals surface area contributed by atoms with E-state index in [1.807, 2.05) is 0 Å². The van der Waals surface area contributed by atoms with Crippen molar-refractivity contribution in [2.24, 2.45) is 0 Å². The molecular formula is C9H6BrClO4. The third-order valence-electron chi connectivity index (χ3n) is 1.90. The molecule has 0 aliphatic carbocycles. The van der Waals surface area contributed by atoms with Crippen LogP contribution in [-0.4, -0.2) is 22.2 Å². The third-order valence-corrected chi connectivity index (χ3v) is 3.12. The molecule has 0 saturated carbocycles. The normalized spacial score (nSPS) is 10.1. The number of halogens is 2. The minimum absolute atomic E-state index is 0.0319. The molecule has 1 rings (SSSR count). The van der Waals surface area contributed by atoms with Crippen LogP contribution in [0, 0.1) is 6.92 Å². The van der Waals surface area contributed by atoms with E-state index in [-0.39, 0.29) is 20.6 Å². The molecule has 2 N–H and O–H groups in total. The van der Waals surface area contributed by atoms with E-state index in [0.717, 1.165) is 0 Å². The molecule has 0 amide bonds. The van der Waals surface area contributed by atoms with Crippen LogP contribution in [0.2, 0.25) is 5.02 Å². The van der Waals surface area contributed by atoms with Crippen LogP contribution >= 0.6 is 27.5 Å². The summed E-state index contributed by atoms with van der Waals surface area (Å²) in [6.45, 7) is 1.52. The van der Waals surface area contributed by atoms with Gasteiger partial charge < -0.3 is 10.2 Å². The summed E-state index contributed by atoms with van der Waals surface area (Å²) in [7, 11) is 0. The summed E-state index contributed by atoms with van der Waals surface area (Å²) in [4.78, 5) is 21.7. The van der Waals surface area contributed by atoms with Crippen molar-refractivity contribution in [2.45, 2.75) is 6.92 Å². The minimum atomic E-state index is -1.23. The van der Waals surface area contributed by atoms with Gasteiger partial charge in [0.25, 0.3) is 0 Å². The molecule has 15 heavy (non-hydrogen) atoms. The summed E-state index contributed by atoms with van der Waals surface area (Å²) >= 11 is 8.68. The van der Waals surface area contributed by atoms with Crippen molar-refractivity contribution in [1.29, 1.82) is 0 Å². The molecular weight excluding hydrogens is 287 g/mol. The number of carboxylic acid groups (broad SMARTS) is 2. The molecule has 0 bridgehead atoms. The number of carbonyl (C=O) groups is 2. The molecule has 0 heterocycles. The molecule has 0 fully saturated rings. The van der Waals surface area contributed by atoms with Gasteiger partial charge in [-0.1, -0.05) is 11.6 Å². The molecule has 0 spiro atoms. The lowest BCUT2D eigenvalue weighted by Crippen LogP contribution is -2.07. The Morgan fingerprint density at radius 2 is 1.87 bits per heavy atom. The van der Waals surface area contributed by atoms with Crippen LogP contribution < -0.4 is 0 Å². The number of rotatable bonds is 2. The van der Waals surface area contributed by atoms with Crippen LogP contribution in [0.25, 0.3) is 0 Å². The number of benzene rings is 1. The maximum atomic E-state index is 10.9. The van der Waals surface area contributed by atoms with Gasteiger partial charge in [0.1, 0.15) is 0 Å². The Labute approximate surface area is 98.6 Å². The number of aromatic carboxylic acids is 2. The average Bonchev–Trinajstić information content (AvgIpc) is 2.10. The first-order chi connectivity index (χ1) is 6.86. The van der Waals surface area contributed by atoms with Crippen molar-refractivity contribution in [3.05, 3.63) is 32.3 Å². The van der Waals surface area contributed by atoms with Gasteiger partial charge in [-0.15, -0.1) is 0 Å². The lowest BCUT2D eigenvalue weighted by Gasteiger charge is -2.08. The van der Waals surface area contributed by atoms with Crippen LogP contribution in [0.15, 0.2) is 10.5 Å². The highest BCUT2D eigenvalue weighted by molar-refractivity contribution is 9.10. The van der Waals surface area contributed by atoms with Gasteiger partial charge in [-0.3, -0.25) is 0 Å². The second-order valence-corrected chi connectivity index (χ2v) is 4.03. The van der Waals surface area contributed by atoms with Crippen LogP contribution in [-0.2, 0) is 0 Å². The Kier molecular flexibility index (Phi) is 3.36. The van der Waals surface area contributed by atoms with Gasteiger partial charge in [-0.25, -0.2) is 9.59 Å². The number of hydrogen-bond acceptors (Lipinski definition) is 2. The fraction of sp³-hybridized carbons (Fsp3) is 0.111. The van der Waals surface area contributed by atoms with Gasteiger partial charge in [-0.05, 0) is 34.5 Å². The second-order valence-electron chi connectivity index (χ2n) is 2.83. The summed E-state index contributed by atoms with van der Waals surface area (Å²) < 4.78 is 0.0319. The predicted octanol–water partition coefficient (Wildman–Crippen LogP) is 2.81. The van der Waals surface area contributed by atoms with Crippen LogP contribution in [0.3, 0.4) is 0 Å². The van der Waals surface area contributed by atoms with E-state index in [9.17, 15) is 9.59 Å². The van der Waals surface area contributed by atoms with Crippen molar-refractivity contribution in [1.82, 2.24) is 0 Å². The molecule has 0 aliphatic rings. The van der Waals surface area contributed by atoms with E-state index >= 15 is 0 Å². The minimum Gasteiger partial charge on any atom is -0.478 e. The molecule has 1 aromatic rings. The van der Waals surface area contributed by atoms with Gasteiger partial charge in [0.05, 0.1) is 11.1 Å². The average molecular weight is 294 g/mol. The maximum absolute atomic E-state index is 10.9. The van der Waals surface area contributed by atoms with E-state index in [0.29, 0.717) is 5.56 Å². The van der Waals surface area contributed by atoms with Gasteiger partial charge >= 0.3 is 11.9 Å². The van der Waals surface area contributed by atoms with E-state index in [1.165, 1.54) is 13.0 Å². The summed E-state index contributed by atoms with van der Waals surface area (Å²) in [6.07, 6.45) is 0. The highest BCUT2D eigenvalue weighted by Crippen LogP contribution is 2.30. The molecule has 0 aromatic heterocycles. The van der Waals surface area contributed by atoms with Crippen LogP contribution in [0.5, 0.6) is 0 Å². The van der Waals surface area contributed by atoms with E-state index in [4.69, 9.17) is 21.8 Å². The van der Waals surface area contributed by atoms with Crippen LogP contribution in [0.1, 0.15) is 26.3 Å². The monoisotopic (exact) mass is 292 g/mol. The number of hydrogen-bond donors (Lipinski definition) is 2. The first kappa shape index (κ1) is 12.0. The summed E-state index contributed by atoms with van der Waals surface area (Å²) in [5.41, 5.74) is 0.0453. The molecule has 0 unspecified atom stereocenters. The molecule has 6 heteroatoms. The van der Waals surface area contributed by atoms with Crippen molar-refractivity contribution < 1.29 is 19.8 Å². The molecule has 1 aromatic carbocycles. The zero-order valence-electron chi connectivity index (χ0n) is 7.54. The Morgan fingerprint density at radius 1 is 1.33 bits per heavy atom. The lowest BCUT2D eigenvalue weighted by molar-refractivity contribution is 0.0695. The van der Waals surface area contributed by atoms with Gasteiger partial charge in [0.2, 0.25) is 0 Å². The maximum Gasteiger partial charge on any atom is 0.337 e. The van der Waals surface area contributed by atoms with Gasteiger partial charge in [0, 0.05) is 9.50 Å². The first-order valence-corrected chi connectivity index (χ1v) is 4.98. The second kappa shape index (κ2) is 4.20. The van der Waals surface area contributed by atoms with Crippen LogP contribution in [0.4, 0.5) is 0 Å². The van der Waals surface area contributed by atoms with Gasteiger partial charge in [-0.2, -0.15) is 0 Å². The Balaban J connectivity index is 3.63. The quantitative estimate of drug-likeness (QED) is 0.879. The van der Waals surface area contributed by atoms with Gasteiger partial charge in [0.15, 0.2) is 0 Å².